The van der Waals surface area contributed by atoms with Gasteiger partial charge in [0.1, 0.15) is 4.32 Å². The zero-order chi connectivity index (χ0) is 4.99. The minimum Gasteiger partial charge on any atom is -0.278 e. The van der Waals surface area contributed by atoms with Crippen molar-refractivity contribution in [3.63, 3.8) is 0 Å². The standard InChI is InChI=1S/C2H2N2S2/c3-1-4-2(5)6/h(H2,4,5,6). The monoisotopic (exact) mass is 118 g/mol. The molecule has 0 amide bonds. The molecule has 0 aliphatic carbocycles. The molecule has 0 atom stereocenters. The lowest BCUT2D eigenvalue weighted by Gasteiger charge is -1.79. The van der Waals surface area contributed by atoms with Gasteiger partial charge < -0.3 is 0 Å². The van der Waals surface area contributed by atoms with Crippen molar-refractivity contribution < 1.29 is 0 Å². The van der Waals surface area contributed by atoms with Crippen LogP contribution in [0.3, 0.4) is 0 Å². The minimum atomic E-state index is 0.206. The van der Waals surface area contributed by atoms with Gasteiger partial charge in [0.2, 0.25) is 0 Å². The largest absolute Gasteiger partial charge is 0.278 e. The van der Waals surface area contributed by atoms with Crippen LogP contribution < -0.4 is 5.32 Å². The fourth-order valence-electron chi connectivity index (χ4n) is 0.0478. The molecule has 0 saturated heterocycles. The van der Waals surface area contributed by atoms with Gasteiger partial charge in [-0.05, 0) is 0 Å². The third-order valence-corrected chi connectivity index (χ3v) is 0.377. The van der Waals surface area contributed by atoms with Gasteiger partial charge in [0.05, 0.1) is 0 Å². The first-order valence-electron chi connectivity index (χ1n) is 1.15. The quantitative estimate of drug-likeness (QED) is 0.207. The molecule has 0 aliphatic heterocycles. The van der Waals surface area contributed by atoms with Crippen LogP contribution in [0.4, 0.5) is 0 Å². The van der Waals surface area contributed by atoms with Crippen molar-refractivity contribution in [1.82, 2.24) is 5.32 Å². The summed E-state index contributed by atoms with van der Waals surface area (Å²) in [5, 5.41) is 9.85. The lowest BCUT2D eigenvalue weighted by molar-refractivity contribution is 1.32. The number of nitriles is 1. The maximum atomic E-state index is 7.74. The molecule has 0 spiro atoms. The summed E-state index contributed by atoms with van der Waals surface area (Å²) in [5.74, 6) is 0. The number of rotatable bonds is 0. The Morgan fingerprint density at radius 3 is 2.50 bits per heavy atom. The highest BCUT2D eigenvalue weighted by atomic mass is 32.1. The second-order valence-corrected chi connectivity index (χ2v) is 1.70. The predicted molar refractivity (Wildman–Crippen MR) is 30.3 cm³/mol. The Morgan fingerprint density at radius 1 is 2.00 bits per heavy atom. The summed E-state index contributed by atoms with van der Waals surface area (Å²) >= 11 is 7.90. The van der Waals surface area contributed by atoms with Crippen molar-refractivity contribution in [2.24, 2.45) is 0 Å². The number of nitrogens with zero attached hydrogens (tertiary/aromatic N) is 1. The summed E-state index contributed by atoms with van der Waals surface area (Å²) < 4.78 is 0.206. The van der Waals surface area contributed by atoms with E-state index in [0.717, 1.165) is 0 Å². The second-order valence-electron chi connectivity index (χ2n) is 0.542. The Kier molecular flexibility index (Phi) is 2.81. The van der Waals surface area contributed by atoms with Crippen molar-refractivity contribution in [3.05, 3.63) is 0 Å². The van der Waals surface area contributed by atoms with Crippen LogP contribution in [0.25, 0.3) is 0 Å². The molecule has 4 heteroatoms. The van der Waals surface area contributed by atoms with Gasteiger partial charge in [-0.15, -0.1) is 12.6 Å². The normalized spacial score (nSPS) is 6.00. The number of thiol groups is 1. The first kappa shape index (κ1) is 5.73. The van der Waals surface area contributed by atoms with E-state index < -0.39 is 0 Å². The average Bonchev–Trinajstić information content (AvgIpc) is 1.35. The highest BCUT2D eigenvalue weighted by Crippen LogP contribution is 1.71. The molecule has 32 valence electrons. The minimum absolute atomic E-state index is 0.206. The highest BCUT2D eigenvalue weighted by molar-refractivity contribution is 8.11. The van der Waals surface area contributed by atoms with E-state index in [1.54, 1.807) is 6.19 Å². The van der Waals surface area contributed by atoms with Gasteiger partial charge in [-0.1, -0.05) is 12.2 Å². The number of hydrogen-bond acceptors (Lipinski definition) is 2. The SMILES string of the molecule is N#CNC(=S)S. The van der Waals surface area contributed by atoms with E-state index in [0.29, 0.717) is 0 Å². The van der Waals surface area contributed by atoms with Crippen molar-refractivity contribution in [2.45, 2.75) is 0 Å². The van der Waals surface area contributed by atoms with Gasteiger partial charge in [-0.25, -0.2) is 0 Å². The zero-order valence-corrected chi connectivity index (χ0v) is 4.51. The molecule has 2 nitrogen and oxygen atoms in total. The van der Waals surface area contributed by atoms with Crippen molar-refractivity contribution in [3.8, 4) is 6.19 Å². The Hall–Kier alpha value is -0.270. The first-order valence-corrected chi connectivity index (χ1v) is 2.01. The van der Waals surface area contributed by atoms with Gasteiger partial charge in [-0.2, -0.15) is 5.26 Å². The van der Waals surface area contributed by atoms with Crippen LogP contribution >= 0.6 is 24.8 Å². The van der Waals surface area contributed by atoms with Crippen molar-refractivity contribution >= 4 is 29.2 Å². The van der Waals surface area contributed by atoms with Crippen molar-refractivity contribution in [1.29, 1.82) is 5.26 Å². The Bertz CT molecular complexity index is 92.2. The summed E-state index contributed by atoms with van der Waals surface area (Å²) in [5.41, 5.74) is 0. The van der Waals surface area contributed by atoms with E-state index in [-0.39, 0.29) is 4.32 Å². The molecule has 0 heterocycles. The van der Waals surface area contributed by atoms with E-state index in [4.69, 9.17) is 5.26 Å². The van der Waals surface area contributed by atoms with Gasteiger partial charge in [0, 0.05) is 0 Å². The van der Waals surface area contributed by atoms with Crippen LogP contribution in [0.15, 0.2) is 0 Å². The molecular formula is C2H2N2S2. The predicted octanol–water partition coefficient (Wildman–Crippen LogP) is 0.272. The van der Waals surface area contributed by atoms with E-state index in [2.05, 4.69) is 30.2 Å². The molecular weight excluding hydrogens is 116 g/mol. The van der Waals surface area contributed by atoms with Crippen LogP contribution in [0.1, 0.15) is 0 Å². The Balaban J connectivity index is 3.13. The average molecular weight is 118 g/mol. The molecule has 0 rings (SSSR count). The number of hydrogen-bond donors (Lipinski definition) is 2. The molecule has 0 unspecified atom stereocenters. The second kappa shape index (κ2) is 2.94. The lowest BCUT2D eigenvalue weighted by atomic mass is 11.2. The van der Waals surface area contributed by atoms with Gasteiger partial charge in [-0.3, -0.25) is 5.32 Å². The molecule has 0 radical (unpaired) electrons. The fraction of sp³-hybridized carbons (Fsp3) is 0. The highest BCUT2D eigenvalue weighted by Gasteiger charge is 1.74. The van der Waals surface area contributed by atoms with E-state index in [1.165, 1.54) is 0 Å². The molecule has 6 heavy (non-hydrogen) atoms. The Morgan fingerprint density at radius 2 is 2.50 bits per heavy atom. The van der Waals surface area contributed by atoms with Gasteiger partial charge in [0.15, 0.2) is 6.19 Å². The van der Waals surface area contributed by atoms with E-state index >= 15 is 0 Å². The summed E-state index contributed by atoms with van der Waals surface area (Å²) in [6, 6.07) is 0. The zero-order valence-electron chi connectivity index (χ0n) is 2.80. The van der Waals surface area contributed by atoms with E-state index in [1.807, 2.05) is 0 Å². The van der Waals surface area contributed by atoms with Gasteiger partial charge >= 0.3 is 0 Å². The molecule has 0 saturated carbocycles. The molecule has 0 bridgehead atoms. The maximum absolute atomic E-state index is 7.74. The summed E-state index contributed by atoms with van der Waals surface area (Å²) in [6.07, 6.45) is 1.60. The fourth-order valence-corrected chi connectivity index (χ4v) is 0.143. The summed E-state index contributed by atoms with van der Waals surface area (Å²) in [6.45, 7) is 0. The van der Waals surface area contributed by atoms with Crippen LogP contribution in [-0.2, 0) is 0 Å². The van der Waals surface area contributed by atoms with E-state index in [9.17, 15) is 0 Å². The van der Waals surface area contributed by atoms with Crippen LogP contribution in [0.2, 0.25) is 0 Å². The summed E-state index contributed by atoms with van der Waals surface area (Å²) in [7, 11) is 0. The van der Waals surface area contributed by atoms with Crippen LogP contribution in [0, 0.1) is 11.5 Å². The van der Waals surface area contributed by atoms with Crippen molar-refractivity contribution in [2.75, 3.05) is 0 Å². The van der Waals surface area contributed by atoms with Crippen LogP contribution in [0.5, 0.6) is 0 Å². The first-order chi connectivity index (χ1) is 2.77. The molecule has 1 N–H and O–H groups in total. The summed E-state index contributed by atoms with van der Waals surface area (Å²) in [4.78, 5) is 0. The van der Waals surface area contributed by atoms with Gasteiger partial charge in [0.25, 0.3) is 0 Å². The molecule has 0 aliphatic rings. The smallest absolute Gasteiger partial charge is 0.182 e. The molecule has 0 aromatic heterocycles. The third kappa shape index (κ3) is 3.73. The lowest BCUT2D eigenvalue weighted by Crippen LogP contribution is -2.05. The van der Waals surface area contributed by atoms with Crippen LogP contribution in [-0.4, -0.2) is 4.32 Å². The number of nitrogens with one attached hydrogen (secondary N) is 1. The molecule has 0 aromatic carbocycles. The molecule has 0 fully saturated rings. The third-order valence-electron chi connectivity index (χ3n) is 0.163. The Labute approximate surface area is 46.6 Å². The maximum Gasteiger partial charge on any atom is 0.182 e. The molecule has 0 aromatic rings. The number of thiocarbonyl (C=S) groups is 1. The topological polar surface area (TPSA) is 35.8 Å².